The monoisotopic (exact) mass is 520 g/mol. The van der Waals surface area contributed by atoms with E-state index in [0.29, 0.717) is 5.56 Å². The van der Waals surface area contributed by atoms with Gasteiger partial charge in [-0.2, -0.15) is 0 Å². The first-order valence-corrected chi connectivity index (χ1v) is 11.4. The van der Waals surface area contributed by atoms with Crippen LogP contribution in [0.5, 0.6) is 0 Å². The molecule has 178 valence electrons. The number of aromatic nitrogens is 1. The zero-order chi connectivity index (χ0) is 23.7. The highest BCUT2D eigenvalue weighted by Crippen LogP contribution is 2.42. The Hall–Kier alpha value is -1.81. The Labute approximate surface area is 193 Å². The molecule has 6 nitrogen and oxygen atoms in total. The Kier molecular flexibility index (Phi) is 7.44. The van der Waals surface area contributed by atoms with Crippen molar-refractivity contribution in [2.24, 2.45) is 5.92 Å². The van der Waals surface area contributed by atoms with Gasteiger partial charge in [0.05, 0.1) is 11.4 Å². The number of hydrogen-bond donors (Lipinski definition) is 1. The largest absolute Gasteiger partial charge is 0.444 e. The Morgan fingerprint density at radius 2 is 2.00 bits per heavy atom. The lowest BCUT2D eigenvalue weighted by Crippen LogP contribution is -2.40. The lowest BCUT2D eigenvalue weighted by molar-refractivity contribution is -0.0509. The van der Waals surface area contributed by atoms with Gasteiger partial charge in [-0.3, -0.25) is 0 Å². The molecule has 2 aromatic rings. The fourth-order valence-electron chi connectivity index (χ4n) is 3.82. The summed E-state index contributed by atoms with van der Waals surface area (Å²) in [6.07, 6.45) is -0.992. The maximum Gasteiger partial charge on any atom is 0.408 e. The van der Waals surface area contributed by atoms with E-state index in [0.717, 1.165) is 0 Å². The van der Waals surface area contributed by atoms with Gasteiger partial charge in [-0.15, -0.1) is 0 Å². The van der Waals surface area contributed by atoms with Gasteiger partial charge in [-0.1, -0.05) is 22.0 Å². The number of carbonyl (C=O) groups excluding carboxylic acids is 1. The van der Waals surface area contributed by atoms with Crippen LogP contribution in [0.1, 0.15) is 68.8 Å². The number of nitrogens with one attached hydrogen (secondary N) is 1. The molecule has 1 fully saturated rings. The van der Waals surface area contributed by atoms with Crippen LogP contribution < -0.4 is 5.32 Å². The van der Waals surface area contributed by atoms with Gasteiger partial charge in [0.15, 0.2) is 11.4 Å². The summed E-state index contributed by atoms with van der Waals surface area (Å²) in [5.74, 6) is -3.59. The SMILES string of the molecule is COCC(Br)c1ccc2oc([C@@H](NC(=O)OC(C)(C)C)C3CCC(F)(F)CC3)nc2c1F. The molecule has 32 heavy (non-hydrogen) atoms. The van der Waals surface area contributed by atoms with Crippen LogP contribution in [-0.4, -0.2) is 36.3 Å². The third-order valence-corrected chi connectivity index (χ3v) is 6.13. The quantitative estimate of drug-likeness (QED) is 0.443. The number of amides is 1. The molecule has 1 aromatic heterocycles. The van der Waals surface area contributed by atoms with Crippen LogP contribution in [0.4, 0.5) is 18.0 Å². The highest BCUT2D eigenvalue weighted by Gasteiger charge is 2.40. The molecule has 1 saturated carbocycles. The molecule has 1 aliphatic carbocycles. The van der Waals surface area contributed by atoms with E-state index < -0.39 is 29.5 Å². The molecular formula is C22H28BrF3N2O4. The minimum absolute atomic E-state index is 0.00943. The number of fused-ring (bicyclic) bond motifs is 1. The van der Waals surface area contributed by atoms with Gasteiger partial charge in [0.2, 0.25) is 11.8 Å². The standard InChI is InChI=1S/C22H28BrF3N2O4/c1-21(2,3)32-20(29)28-17(12-7-9-22(25,26)10-8-12)19-27-18-15(31-19)6-5-13(16(18)24)14(23)11-30-4/h5-6,12,14,17H,7-11H2,1-4H3,(H,28,29)/t14?,17-/m0/s1. The van der Waals surface area contributed by atoms with Crippen molar-refractivity contribution in [3.8, 4) is 0 Å². The van der Waals surface area contributed by atoms with E-state index in [4.69, 9.17) is 13.9 Å². The average molecular weight is 521 g/mol. The van der Waals surface area contributed by atoms with Crippen molar-refractivity contribution in [3.63, 3.8) is 0 Å². The van der Waals surface area contributed by atoms with Crippen molar-refractivity contribution in [1.82, 2.24) is 10.3 Å². The summed E-state index contributed by atoms with van der Waals surface area (Å²) < 4.78 is 58.8. The van der Waals surface area contributed by atoms with Gasteiger partial charge in [-0.05, 0) is 45.6 Å². The van der Waals surface area contributed by atoms with Crippen LogP contribution in [0.3, 0.4) is 0 Å². The van der Waals surface area contributed by atoms with E-state index in [1.807, 2.05) is 0 Å². The molecule has 3 rings (SSSR count). The van der Waals surface area contributed by atoms with Crippen molar-refractivity contribution < 1.29 is 31.9 Å². The number of ether oxygens (including phenoxy) is 2. The molecule has 2 atom stereocenters. The second-order valence-corrected chi connectivity index (χ2v) is 10.2. The van der Waals surface area contributed by atoms with Crippen LogP contribution in [0.15, 0.2) is 16.5 Å². The number of nitrogens with zero attached hydrogens (tertiary/aromatic N) is 1. The molecule has 1 unspecified atom stereocenters. The van der Waals surface area contributed by atoms with E-state index in [1.165, 1.54) is 7.11 Å². The molecule has 0 saturated heterocycles. The van der Waals surface area contributed by atoms with Crippen LogP contribution in [0, 0.1) is 11.7 Å². The van der Waals surface area contributed by atoms with Crippen molar-refractivity contribution in [2.45, 2.75) is 68.8 Å². The fourth-order valence-corrected chi connectivity index (χ4v) is 4.44. The maximum absolute atomic E-state index is 15.1. The molecule has 1 N–H and O–H groups in total. The van der Waals surface area contributed by atoms with E-state index >= 15 is 4.39 Å². The van der Waals surface area contributed by atoms with E-state index in [2.05, 4.69) is 26.2 Å². The first-order chi connectivity index (χ1) is 14.9. The normalized spacial score (nSPS) is 19.0. The Balaban J connectivity index is 1.94. The number of carbonyl (C=O) groups is 1. The highest BCUT2D eigenvalue weighted by atomic mass is 79.9. The zero-order valence-electron chi connectivity index (χ0n) is 18.5. The average Bonchev–Trinajstić information content (AvgIpc) is 3.10. The number of alkyl halides is 3. The summed E-state index contributed by atoms with van der Waals surface area (Å²) in [6.45, 7) is 5.41. The number of alkyl carbamates (subject to hydrolysis) is 1. The molecule has 1 aliphatic rings. The predicted octanol–water partition coefficient (Wildman–Crippen LogP) is 6.44. The number of halogens is 4. The Bertz CT molecular complexity index is 951. The topological polar surface area (TPSA) is 73.6 Å². The third-order valence-electron chi connectivity index (χ3n) is 5.37. The summed E-state index contributed by atoms with van der Waals surface area (Å²) in [6, 6.07) is 2.34. The van der Waals surface area contributed by atoms with Gasteiger partial charge in [-0.25, -0.2) is 22.9 Å². The molecule has 0 aliphatic heterocycles. The van der Waals surface area contributed by atoms with Crippen molar-refractivity contribution in [3.05, 3.63) is 29.4 Å². The molecule has 1 amide bonds. The second kappa shape index (κ2) is 9.59. The van der Waals surface area contributed by atoms with Crippen molar-refractivity contribution >= 4 is 33.1 Å². The zero-order valence-corrected chi connectivity index (χ0v) is 20.1. The Morgan fingerprint density at radius 3 is 2.59 bits per heavy atom. The van der Waals surface area contributed by atoms with Gasteiger partial charge < -0.3 is 19.2 Å². The molecule has 0 spiro atoms. The highest BCUT2D eigenvalue weighted by molar-refractivity contribution is 9.09. The number of methoxy groups -OCH3 is 1. The molecule has 1 aromatic carbocycles. The first-order valence-electron chi connectivity index (χ1n) is 10.5. The minimum atomic E-state index is -2.73. The van der Waals surface area contributed by atoms with Gasteiger partial charge in [0, 0.05) is 25.5 Å². The number of oxazole rings is 1. The smallest absolute Gasteiger partial charge is 0.408 e. The van der Waals surface area contributed by atoms with Crippen molar-refractivity contribution in [2.75, 3.05) is 13.7 Å². The van der Waals surface area contributed by atoms with Gasteiger partial charge >= 0.3 is 6.09 Å². The predicted molar refractivity (Wildman–Crippen MR) is 117 cm³/mol. The second-order valence-electron chi connectivity index (χ2n) is 9.11. The van der Waals surface area contributed by atoms with E-state index in [9.17, 15) is 13.6 Å². The number of hydrogen-bond acceptors (Lipinski definition) is 5. The van der Waals surface area contributed by atoms with Gasteiger partial charge in [0.25, 0.3) is 0 Å². The summed E-state index contributed by atoms with van der Waals surface area (Å²) >= 11 is 3.38. The molecule has 0 radical (unpaired) electrons. The summed E-state index contributed by atoms with van der Waals surface area (Å²) in [7, 11) is 1.51. The van der Waals surface area contributed by atoms with Gasteiger partial charge in [0.1, 0.15) is 17.2 Å². The third kappa shape index (κ3) is 5.95. The summed E-state index contributed by atoms with van der Waals surface area (Å²) in [5.41, 5.74) is -0.179. The van der Waals surface area contributed by atoms with Crippen LogP contribution in [-0.2, 0) is 9.47 Å². The Morgan fingerprint density at radius 1 is 1.34 bits per heavy atom. The van der Waals surface area contributed by atoms with Crippen LogP contribution >= 0.6 is 15.9 Å². The molecule has 10 heteroatoms. The number of benzene rings is 1. The van der Waals surface area contributed by atoms with Crippen LogP contribution in [0.2, 0.25) is 0 Å². The van der Waals surface area contributed by atoms with E-state index in [1.54, 1.807) is 32.9 Å². The molecular weight excluding hydrogens is 493 g/mol. The van der Waals surface area contributed by atoms with Crippen LogP contribution in [0.25, 0.3) is 11.1 Å². The number of rotatable bonds is 6. The molecule has 0 bridgehead atoms. The minimum Gasteiger partial charge on any atom is -0.444 e. The lowest BCUT2D eigenvalue weighted by atomic mass is 9.82. The summed E-state index contributed by atoms with van der Waals surface area (Å²) in [4.78, 5) is 16.4. The first kappa shape index (κ1) is 24.8. The lowest BCUT2D eigenvalue weighted by Gasteiger charge is -2.33. The summed E-state index contributed by atoms with van der Waals surface area (Å²) in [5, 5.41) is 2.71. The van der Waals surface area contributed by atoms with Crippen molar-refractivity contribution in [1.29, 1.82) is 0 Å². The molecule has 1 heterocycles. The fraction of sp³-hybridized carbons (Fsp3) is 0.636. The maximum atomic E-state index is 15.1. The van der Waals surface area contributed by atoms with E-state index in [-0.39, 0.29) is 60.0 Å².